The second-order valence-corrected chi connectivity index (χ2v) is 4.81. The van der Waals surface area contributed by atoms with Gasteiger partial charge in [-0.3, -0.25) is 4.79 Å². The van der Waals surface area contributed by atoms with E-state index in [0.717, 1.165) is 11.6 Å². The molecule has 3 nitrogen and oxygen atoms in total. The summed E-state index contributed by atoms with van der Waals surface area (Å²) in [7, 11) is 0. The molecule has 2 aromatic rings. The van der Waals surface area contributed by atoms with Gasteiger partial charge in [0.2, 0.25) is 5.91 Å². The lowest BCUT2D eigenvalue weighted by molar-refractivity contribution is 0.1000. The van der Waals surface area contributed by atoms with Crippen molar-refractivity contribution < 1.29 is 13.6 Å². The van der Waals surface area contributed by atoms with Crippen molar-refractivity contribution in [3.8, 4) is 0 Å². The van der Waals surface area contributed by atoms with Crippen LogP contribution in [0.3, 0.4) is 0 Å². The van der Waals surface area contributed by atoms with E-state index in [0.29, 0.717) is 12.1 Å². The summed E-state index contributed by atoms with van der Waals surface area (Å²) in [5.74, 6) is -2.21. The number of carbonyl (C=O) groups excluding carboxylic acids is 1. The van der Waals surface area contributed by atoms with E-state index in [4.69, 9.17) is 5.73 Å². The van der Waals surface area contributed by atoms with Crippen molar-refractivity contribution in [2.45, 2.75) is 19.5 Å². The summed E-state index contributed by atoms with van der Waals surface area (Å²) in [6.45, 7) is 2.16. The predicted molar refractivity (Wildman–Crippen MR) is 76.6 cm³/mol. The van der Waals surface area contributed by atoms with E-state index in [1.807, 2.05) is 6.07 Å². The van der Waals surface area contributed by atoms with Gasteiger partial charge in [-0.15, -0.1) is 0 Å². The molecule has 0 spiro atoms. The minimum Gasteiger partial charge on any atom is -0.366 e. The van der Waals surface area contributed by atoms with Crippen LogP contribution in [-0.2, 0) is 6.54 Å². The van der Waals surface area contributed by atoms with Gasteiger partial charge in [0.1, 0.15) is 0 Å². The van der Waals surface area contributed by atoms with Crippen molar-refractivity contribution in [2.75, 3.05) is 0 Å². The van der Waals surface area contributed by atoms with E-state index in [2.05, 4.69) is 5.32 Å². The normalized spacial score (nSPS) is 12.1. The molecule has 5 heteroatoms. The highest BCUT2D eigenvalue weighted by Gasteiger charge is 2.13. The van der Waals surface area contributed by atoms with Crippen molar-refractivity contribution in [3.05, 3.63) is 70.8 Å². The van der Waals surface area contributed by atoms with E-state index in [-0.39, 0.29) is 11.6 Å². The van der Waals surface area contributed by atoms with Crippen LogP contribution in [0.15, 0.2) is 42.5 Å². The lowest BCUT2D eigenvalue weighted by Crippen LogP contribution is -2.20. The fraction of sp³-hybridized carbons (Fsp3) is 0.188. The molecule has 0 aromatic heterocycles. The molecule has 1 unspecified atom stereocenters. The molecular weight excluding hydrogens is 274 g/mol. The quantitative estimate of drug-likeness (QED) is 0.889. The minimum atomic E-state index is -0.864. The summed E-state index contributed by atoms with van der Waals surface area (Å²) in [5, 5.41) is 3.09. The van der Waals surface area contributed by atoms with E-state index in [1.165, 1.54) is 12.1 Å². The monoisotopic (exact) mass is 290 g/mol. The second kappa shape index (κ2) is 6.45. The van der Waals surface area contributed by atoms with Gasteiger partial charge in [0.25, 0.3) is 0 Å². The number of carbonyl (C=O) groups is 1. The smallest absolute Gasteiger partial charge is 0.248 e. The first-order chi connectivity index (χ1) is 9.99. The third-order valence-electron chi connectivity index (χ3n) is 3.27. The first kappa shape index (κ1) is 15.1. The number of nitrogens with one attached hydrogen (secondary N) is 1. The van der Waals surface area contributed by atoms with Gasteiger partial charge in [-0.1, -0.05) is 24.3 Å². The first-order valence-electron chi connectivity index (χ1n) is 6.55. The van der Waals surface area contributed by atoms with Gasteiger partial charge in [0.15, 0.2) is 11.6 Å². The van der Waals surface area contributed by atoms with Crippen LogP contribution in [0.4, 0.5) is 8.78 Å². The molecule has 1 amide bonds. The van der Waals surface area contributed by atoms with Crippen LogP contribution in [0.25, 0.3) is 0 Å². The molecule has 0 aliphatic carbocycles. The molecule has 110 valence electrons. The highest BCUT2D eigenvalue weighted by Crippen LogP contribution is 2.19. The van der Waals surface area contributed by atoms with Gasteiger partial charge >= 0.3 is 0 Å². The van der Waals surface area contributed by atoms with Gasteiger partial charge in [-0.05, 0) is 30.7 Å². The Hall–Kier alpha value is -2.27. The van der Waals surface area contributed by atoms with Crippen LogP contribution >= 0.6 is 0 Å². The summed E-state index contributed by atoms with van der Waals surface area (Å²) < 4.78 is 26.9. The maximum Gasteiger partial charge on any atom is 0.248 e. The molecule has 3 N–H and O–H groups in total. The number of hydrogen-bond acceptors (Lipinski definition) is 2. The molecule has 0 radical (unpaired) electrons. The number of hydrogen-bond donors (Lipinski definition) is 2. The molecule has 0 aliphatic heterocycles. The number of halogens is 2. The number of primary amides is 1. The molecule has 1 atom stereocenters. The van der Waals surface area contributed by atoms with Crippen molar-refractivity contribution in [1.29, 1.82) is 0 Å². The van der Waals surface area contributed by atoms with E-state index in [1.54, 1.807) is 25.1 Å². The Morgan fingerprint density at radius 2 is 1.95 bits per heavy atom. The van der Waals surface area contributed by atoms with E-state index in [9.17, 15) is 13.6 Å². The van der Waals surface area contributed by atoms with Crippen molar-refractivity contribution in [2.24, 2.45) is 5.73 Å². The molecular formula is C16H16F2N2O. The largest absolute Gasteiger partial charge is 0.366 e. The van der Waals surface area contributed by atoms with Gasteiger partial charge in [-0.25, -0.2) is 8.78 Å². The summed E-state index contributed by atoms with van der Waals surface area (Å²) in [5.41, 5.74) is 6.74. The molecule has 0 saturated carbocycles. The van der Waals surface area contributed by atoms with Gasteiger partial charge in [-0.2, -0.15) is 0 Å². The highest BCUT2D eigenvalue weighted by atomic mass is 19.2. The van der Waals surface area contributed by atoms with Crippen molar-refractivity contribution in [3.63, 3.8) is 0 Å². The fourth-order valence-corrected chi connectivity index (χ4v) is 2.07. The Morgan fingerprint density at radius 3 is 2.67 bits per heavy atom. The lowest BCUT2D eigenvalue weighted by atomic mass is 10.1. The molecule has 21 heavy (non-hydrogen) atoms. The molecule has 0 heterocycles. The maximum atomic E-state index is 13.7. The van der Waals surface area contributed by atoms with Gasteiger partial charge in [0.05, 0.1) is 0 Å². The zero-order valence-electron chi connectivity index (χ0n) is 11.6. The zero-order valence-corrected chi connectivity index (χ0v) is 11.6. The van der Waals surface area contributed by atoms with Crippen LogP contribution in [0.1, 0.15) is 34.5 Å². The van der Waals surface area contributed by atoms with E-state index >= 15 is 0 Å². The zero-order chi connectivity index (χ0) is 15.4. The van der Waals surface area contributed by atoms with Gasteiger partial charge in [0, 0.05) is 23.7 Å². The Balaban J connectivity index is 2.07. The Morgan fingerprint density at radius 1 is 1.24 bits per heavy atom. The number of amides is 1. The third kappa shape index (κ3) is 3.64. The lowest BCUT2D eigenvalue weighted by Gasteiger charge is -2.15. The SMILES string of the molecule is CC(NCc1cccc(C(N)=O)c1)c1cccc(F)c1F. The van der Waals surface area contributed by atoms with Crippen LogP contribution in [-0.4, -0.2) is 5.91 Å². The third-order valence-corrected chi connectivity index (χ3v) is 3.27. The molecule has 2 rings (SSSR count). The molecule has 0 fully saturated rings. The predicted octanol–water partition coefficient (Wildman–Crippen LogP) is 2.91. The fourth-order valence-electron chi connectivity index (χ4n) is 2.07. The highest BCUT2D eigenvalue weighted by molar-refractivity contribution is 5.92. The van der Waals surface area contributed by atoms with E-state index < -0.39 is 17.5 Å². The van der Waals surface area contributed by atoms with Crippen molar-refractivity contribution in [1.82, 2.24) is 5.32 Å². The maximum absolute atomic E-state index is 13.7. The standard InChI is InChI=1S/C16H16F2N2O/c1-10(13-6-3-7-14(17)15(13)18)20-9-11-4-2-5-12(8-11)16(19)21/h2-8,10,20H,9H2,1H3,(H2,19,21). The summed E-state index contributed by atoms with van der Waals surface area (Å²) >= 11 is 0. The van der Waals surface area contributed by atoms with Crippen LogP contribution in [0, 0.1) is 11.6 Å². The summed E-state index contributed by atoms with van der Waals surface area (Å²) in [6, 6.07) is 10.6. The number of benzene rings is 2. The number of nitrogens with two attached hydrogens (primary N) is 1. The summed E-state index contributed by atoms with van der Waals surface area (Å²) in [6.07, 6.45) is 0. The number of rotatable bonds is 5. The van der Waals surface area contributed by atoms with Crippen LogP contribution < -0.4 is 11.1 Å². The molecule has 2 aromatic carbocycles. The van der Waals surface area contributed by atoms with Crippen LogP contribution in [0.2, 0.25) is 0 Å². The molecule has 0 bridgehead atoms. The minimum absolute atomic E-state index is 0.265. The average Bonchev–Trinajstić information content (AvgIpc) is 2.48. The van der Waals surface area contributed by atoms with Crippen molar-refractivity contribution >= 4 is 5.91 Å². The molecule has 0 saturated heterocycles. The summed E-state index contributed by atoms with van der Waals surface area (Å²) in [4.78, 5) is 11.1. The Bertz CT molecular complexity index is 658. The van der Waals surface area contributed by atoms with Gasteiger partial charge < -0.3 is 11.1 Å². The Labute approximate surface area is 121 Å². The van der Waals surface area contributed by atoms with Crippen LogP contribution in [0.5, 0.6) is 0 Å². The second-order valence-electron chi connectivity index (χ2n) is 4.81. The topological polar surface area (TPSA) is 55.1 Å². The molecule has 0 aliphatic rings. The Kier molecular flexibility index (Phi) is 4.65. The first-order valence-corrected chi connectivity index (χ1v) is 6.55. The average molecular weight is 290 g/mol.